The van der Waals surface area contributed by atoms with Crippen molar-refractivity contribution >= 4 is 32.4 Å². The molecule has 2 heterocycles. The average Bonchev–Trinajstić information content (AvgIpc) is 3.21. The monoisotopic (exact) mass is 410 g/mol. The Hall–Kier alpha value is -2.67. The van der Waals surface area contributed by atoms with E-state index >= 15 is 0 Å². The highest BCUT2D eigenvalue weighted by molar-refractivity contribution is 7.94. The van der Waals surface area contributed by atoms with E-state index in [4.69, 9.17) is 4.52 Å². The van der Waals surface area contributed by atoms with Gasteiger partial charge in [-0.15, -0.1) is 0 Å². The third kappa shape index (κ3) is 2.56. The maximum Gasteiger partial charge on any atom is 0.272 e. The van der Waals surface area contributed by atoms with Crippen LogP contribution in [0.15, 0.2) is 34.9 Å². The van der Waals surface area contributed by atoms with Gasteiger partial charge in [0.2, 0.25) is 10.0 Å². The van der Waals surface area contributed by atoms with Gasteiger partial charge in [-0.2, -0.15) is 0 Å². The molecule has 0 saturated heterocycles. The molecule has 1 aromatic heterocycles. The summed E-state index contributed by atoms with van der Waals surface area (Å²) in [4.78, 5) is 13.2. The first-order valence-corrected chi connectivity index (χ1v) is 11.5. The summed E-state index contributed by atoms with van der Waals surface area (Å²) in [5.74, 6) is 0.242. The molecular formula is C22H22N2O4S. The van der Waals surface area contributed by atoms with Crippen molar-refractivity contribution in [2.45, 2.75) is 51.2 Å². The van der Waals surface area contributed by atoms with Gasteiger partial charge < -0.3 is 4.52 Å². The van der Waals surface area contributed by atoms with Crippen molar-refractivity contribution in [2.75, 3.05) is 4.31 Å². The topological polar surface area (TPSA) is 80.5 Å². The van der Waals surface area contributed by atoms with Gasteiger partial charge in [-0.1, -0.05) is 42.6 Å². The quantitative estimate of drug-likeness (QED) is 0.623. The van der Waals surface area contributed by atoms with Crippen LogP contribution in [0.2, 0.25) is 0 Å². The van der Waals surface area contributed by atoms with Gasteiger partial charge in [-0.05, 0) is 49.8 Å². The minimum Gasteiger partial charge on any atom is -0.361 e. The van der Waals surface area contributed by atoms with E-state index in [9.17, 15) is 13.2 Å². The smallest absolute Gasteiger partial charge is 0.272 e. The van der Waals surface area contributed by atoms with Crippen LogP contribution in [0.5, 0.6) is 0 Å². The molecule has 1 amide bonds. The highest BCUT2D eigenvalue weighted by Gasteiger charge is 2.42. The second-order valence-electron chi connectivity index (χ2n) is 7.93. The van der Waals surface area contributed by atoms with E-state index in [1.165, 1.54) is 0 Å². The molecule has 1 saturated carbocycles. The van der Waals surface area contributed by atoms with Crippen LogP contribution in [0, 0.1) is 13.8 Å². The Morgan fingerprint density at radius 1 is 1.03 bits per heavy atom. The summed E-state index contributed by atoms with van der Waals surface area (Å²) >= 11 is 0. The third-order valence-corrected chi connectivity index (χ3v) is 8.37. The molecule has 0 bridgehead atoms. The largest absolute Gasteiger partial charge is 0.361 e. The summed E-state index contributed by atoms with van der Waals surface area (Å²) in [7, 11) is -3.76. The maximum absolute atomic E-state index is 13.4. The van der Waals surface area contributed by atoms with Crippen molar-refractivity contribution in [1.82, 2.24) is 5.16 Å². The summed E-state index contributed by atoms with van der Waals surface area (Å²) in [5.41, 5.74) is 3.44. The normalized spacial score (nSPS) is 17.4. The maximum atomic E-state index is 13.4. The number of sulfonamides is 1. The number of hydrogen-bond acceptors (Lipinski definition) is 5. The van der Waals surface area contributed by atoms with Gasteiger partial charge in [0, 0.05) is 10.9 Å². The molecule has 0 N–H and O–H groups in total. The first-order valence-electron chi connectivity index (χ1n) is 9.98. The lowest BCUT2D eigenvalue weighted by Crippen LogP contribution is -2.41. The molecule has 0 unspecified atom stereocenters. The van der Waals surface area contributed by atoms with Gasteiger partial charge in [0.25, 0.3) is 5.91 Å². The number of carbonyl (C=O) groups excluding carboxylic acids is 1. The Bertz CT molecular complexity index is 1230. The fourth-order valence-electron chi connectivity index (χ4n) is 4.80. The van der Waals surface area contributed by atoms with Crippen molar-refractivity contribution in [3.8, 4) is 11.1 Å². The Balaban J connectivity index is 1.72. The number of aryl methyl sites for hydroxylation is 2. The van der Waals surface area contributed by atoms with Crippen molar-refractivity contribution in [2.24, 2.45) is 0 Å². The summed E-state index contributed by atoms with van der Waals surface area (Å²) in [6.45, 7) is 3.73. The Kier molecular flexibility index (Phi) is 4.07. The van der Waals surface area contributed by atoms with Crippen LogP contribution in [0.3, 0.4) is 0 Å². The molecule has 7 heteroatoms. The van der Waals surface area contributed by atoms with Crippen LogP contribution in [0.4, 0.5) is 5.69 Å². The molecule has 0 radical (unpaired) electrons. The van der Waals surface area contributed by atoms with E-state index in [-0.39, 0.29) is 0 Å². The molecule has 29 heavy (non-hydrogen) atoms. The zero-order valence-electron chi connectivity index (χ0n) is 16.4. The second kappa shape index (κ2) is 6.42. The molecule has 0 atom stereocenters. The van der Waals surface area contributed by atoms with Gasteiger partial charge in [0.05, 0.1) is 22.2 Å². The predicted octanol–water partition coefficient (Wildman–Crippen LogP) is 4.73. The van der Waals surface area contributed by atoms with Gasteiger partial charge in [-0.3, -0.25) is 4.79 Å². The minimum atomic E-state index is -3.76. The molecule has 1 aliphatic carbocycles. The van der Waals surface area contributed by atoms with Gasteiger partial charge in [0.1, 0.15) is 5.76 Å². The number of nitrogens with zero attached hydrogens (tertiary/aromatic N) is 2. The van der Waals surface area contributed by atoms with Crippen molar-refractivity contribution in [3.05, 3.63) is 47.3 Å². The van der Waals surface area contributed by atoms with E-state index in [0.717, 1.165) is 45.8 Å². The molecule has 2 aliphatic rings. The molecule has 1 fully saturated rings. The molecule has 150 valence electrons. The predicted molar refractivity (Wildman–Crippen MR) is 112 cm³/mol. The van der Waals surface area contributed by atoms with Crippen LogP contribution in [0.1, 0.15) is 53.9 Å². The lowest BCUT2D eigenvalue weighted by atomic mass is 9.95. The fourth-order valence-corrected chi connectivity index (χ4v) is 6.79. The number of hydrogen-bond donors (Lipinski definition) is 0. The van der Waals surface area contributed by atoms with Gasteiger partial charge >= 0.3 is 0 Å². The van der Waals surface area contributed by atoms with Crippen molar-refractivity contribution in [1.29, 1.82) is 0 Å². The minimum absolute atomic E-state index is 0.436. The van der Waals surface area contributed by atoms with E-state index in [2.05, 4.69) is 5.16 Å². The lowest BCUT2D eigenvalue weighted by molar-refractivity contribution is 0.101. The highest BCUT2D eigenvalue weighted by atomic mass is 32.2. The molecule has 2 aromatic carbocycles. The van der Waals surface area contributed by atoms with E-state index in [0.29, 0.717) is 35.2 Å². The summed E-state index contributed by atoms with van der Waals surface area (Å²) in [6.07, 6.45) is 4.06. The van der Waals surface area contributed by atoms with Crippen LogP contribution >= 0.6 is 0 Å². The Morgan fingerprint density at radius 3 is 2.48 bits per heavy atom. The summed E-state index contributed by atoms with van der Waals surface area (Å²) in [6, 6.07) is 9.06. The summed E-state index contributed by atoms with van der Waals surface area (Å²) < 4.78 is 33.2. The van der Waals surface area contributed by atoms with Gasteiger partial charge in [0.15, 0.2) is 0 Å². The fraction of sp³-hybridized carbons (Fsp3) is 0.364. The van der Waals surface area contributed by atoms with Crippen LogP contribution in [0.25, 0.3) is 21.9 Å². The van der Waals surface area contributed by atoms with Crippen LogP contribution < -0.4 is 4.31 Å². The number of aromatic nitrogens is 1. The van der Waals surface area contributed by atoms with Crippen LogP contribution in [-0.4, -0.2) is 24.7 Å². The van der Waals surface area contributed by atoms with Crippen molar-refractivity contribution < 1.29 is 17.7 Å². The molecule has 1 aliphatic heterocycles. The lowest BCUT2D eigenvalue weighted by Gasteiger charge is -2.27. The molecule has 6 nitrogen and oxygen atoms in total. The van der Waals surface area contributed by atoms with E-state index in [1.54, 1.807) is 18.2 Å². The average molecular weight is 410 g/mol. The Morgan fingerprint density at radius 2 is 1.79 bits per heavy atom. The zero-order valence-corrected chi connectivity index (χ0v) is 17.3. The number of amides is 1. The van der Waals surface area contributed by atoms with Crippen molar-refractivity contribution in [3.63, 3.8) is 0 Å². The third-order valence-electron chi connectivity index (χ3n) is 6.18. The molecule has 5 rings (SSSR count). The summed E-state index contributed by atoms with van der Waals surface area (Å²) in [5, 5.41) is 5.07. The number of benzene rings is 2. The van der Waals surface area contributed by atoms with E-state index in [1.807, 2.05) is 26.0 Å². The van der Waals surface area contributed by atoms with E-state index < -0.39 is 21.2 Å². The standard InChI is InChI=1S/C22H22N2O4S/c1-13-20(14(2)28-23-13)17-11-12-19-21-16(17)9-6-10-18(21)22(25)24(19)29(26,27)15-7-4-3-5-8-15/h6,9-12,15H,3-5,7-8H2,1-2H3. The number of anilines is 1. The molecule has 3 aromatic rings. The number of rotatable bonds is 3. The zero-order chi connectivity index (χ0) is 20.3. The SMILES string of the molecule is Cc1noc(C)c1-c1ccc2c3c(cccc13)C(=O)N2S(=O)(=O)C1CCCCC1. The first kappa shape index (κ1) is 18.4. The second-order valence-corrected chi connectivity index (χ2v) is 10.00. The molecular weight excluding hydrogens is 388 g/mol. The Labute approximate surface area is 169 Å². The first-order chi connectivity index (χ1) is 13.9. The van der Waals surface area contributed by atoms with Gasteiger partial charge in [-0.25, -0.2) is 12.7 Å². The highest BCUT2D eigenvalue weighted by Crippen LogP contribution is 2.45. The van der Waals surface area contributed by atoms with Crippen LogP contribution in [-0.2, 0) is 10.0 Å². The number of carbonyl (C=O) groups is 1. The molecule has 0 spiro atoms.